The summed E-state index contributed by atoms with van der Waals surface area (Å²) in [6, 6.07) is 19.6. The van der Waals surface area contributed by atoms with E-state index in [9.17, 15) is 0 Å². The molecule has 43 heavy (non-hydrogen) atoms. The van der Waals surface area contributed by atoms with E-state index in [2.05, 4.69) is 74.5 Å². The Morgan fingerprint density at radius 3 is 1.12 bits per heavy atom. The summed E-state index contributed by atoms with van der Waals surface area (Å²) in [5, 5.41) is 0. The van der Waals surface area contributed by atoms with Crippen LogP contribution in [0.5, 0.6) is 0 Å². The fourth-order valence-electron chi connectivity index (χ4n) is 8.85. The second-order valence-corrected chi connectivity index (χ2v) is 14.7. The van der Waals surface area contributed by atoms with Crippen LogP contribution in [0.15, 0.2) is 71.8 Å². The van der Waals surface area contributed by atoms with Crippen molar-refractivity contribution in [3.63, 3.8) is 0 Å². The molecule has 0 spiro atoms. The third kappa shape index (κ3) is 8.13. The van der Waals surface area contributed by atoms with Gasteiger partial charge in [-0.25, -0.2) is 0 Å². The third-order valence-corrected chi connectivity index (χ3v) is 12.2. The van der Waals surface area contributed by atoms with Gasteiger partial charge in [-0.05, 0) is 159 Å². The molecule has 232 valence electrons. The Morgan fingerprint density at radius 1 is 0.465 bits per heavy atom. The van der Waals surface area contributed by atoms with Gasteiger partial charge in [0.25, 0.3) is 0 Å². The van der Waals surface area contributed by atoms with E-state index in [4.69, 9.17) is 4.74 Å². The largest absolute Gasteiger partial charge is 0.373 e. The molecule has 2 fully saturated rings. The Kier molecular flexibility index (Phi) is 11.0. The summed E-state index contributed by atoms with van der Waals surface area (Å²) in [5.41, 5.74) is 9.27. The molecule has 0 radical (unpaired) electrons. The standard InChI is InChI=1S/C42H58O/c1-3-31-5-13-35(14-6-31)39-21-25-41(26-22-39)37-17-9-33(10-18-37)29-43-30-34-11-19-38(20-12-34)42-27-23-40(24-28-42)36-15-7-32(4-2)8-16-36/h9,11,21-28,31-32,35-38H,3-8,10,12-20,29-30H2,1-2H3. The van der Waals surface area contributed by atoms with Crippen LogP contribution in [0, 0.1) is 11.8 Å². The molecule has 0 heterocycles. The fraction of sp³-hybridized carbons (Fsp3) is 0.619. The van der Waals surface area contributed by atoms with Crippen LogP contribution in [-0.2, 0) is 4.74 Å². The maximum absolute atomic E-state index is 6.25. The quantitative estimate of drug-likeness (QED) is 0.255. The third-order valence-electron chi connectivity index (χ3n) is 12.2. The van der Waals surface area contributed by atoms with Crippen molar-refractivity contribution in [3.05, 3.63) is 94.1 Å². The summed E-state index contributed by atoms with van der Waals surface area (Å²) in [6.45, 7) is 6.34. The maximum Gasteiger partial charge on any atom is 0.0681 e. The molecule has 0 aliphatic heterocycles. The molecule has 4 aliphatic carbocycles. The lowest BCUT2D eigenvalue weighted by molar-refractivity contribution is 0.172. The molecule has 2 atom stereocenters. The number of hydrogen-bond acceptors (Lipinski definition) is 1. The van der Waals surface area contributed by atoms with Gasteiger partial charge in [0.05, 0.1) is 13.2 Å². The van der Waals surface area contributed by atoms with E-state index in [1.807, 2.05) is 0 Å². The minimum Gasteiger partial charge on any atom is -0.373 e. The molecule has 0 bridgehead atoms. The molecule has 0 saturated heterocycles. The second kappa shape index (κ2) is 15.2. The lowest BCUT2D eigenvalue weighted by atomic mass is 9.77. The molecule has 4 aliphatic rings. The predicted molar refractivity (Wildman–Crippen MR) is 183 cm³/mol. The van der Waals surface area contributed by atoms with E-state index < -0.39 is 0 Å². The topological polar surface area (TPSA) is 9.23 Å². The Morgan fingerprint density at radius 2 is 0.814 bits per heavy atom. The van der Waals surface area contributed by atoms with Crippen LogP contribution in [0.4, 0.5) is 0 Å². The summed E-state index contributed by atoms with van der Waals surface area (Å²) < 4.78 is 6.25. The van der Waals surface area contributed by atoms with Gasteiger partial charge >= 0.3 is 0 Å². The maximum atomic E-state index is 6.25. The zero-order valence-electron chi connectivity index (χ0n) is 27.4. The SMILES string of the molecule is CCC1CCC(c2ccc(C3CC=C(COCC4=CCC(c5ccc(C6CCC(CC)CC6)cc5)CC4)CC3)cc2)CC1. The molecule has 2 aromatic carbocycles. The number of hydrogen-bond donors (Lipinski definition) is 0. The minimum absolute atomic E-state index is 0.678. The van der Waals surface area contributed by atoms with Gasteiger partial charge < -0.3 is 4.74 Å². The van der Waals surface area contributed by atoms with Crippen molar-refractivity contribution < 1.29 is 4.74 Å². The van der Waals surface area contributed by atoms with Crippen molar-refractivity contribution in [1.82, 2.24) is 0 Å². The highest BCUT2D eigenvalue weighted by Crippen LogP contribution is 2.40. The van der Waals surface area contributed by atoms with Gasteiger partial charge in [-0.1, -0.05) is 87.4 Å². The fourth-order valence-corrected chi connectivity index (χ4v) is 8.85. The van der Waals surface area contributed by atoms with Crippen LogP contribution < -0.4 is 0 Å². The van der Waals surface area contributed by atoms with Gasteiger partial charge in [-0.2, -0.15) is 0 Å². The summed E-state index contributed by atoms with van der Waals surface area (Å²) in [4.78, 5) is 0. The molecule has 2 unspecified atom stereocenters. The highest BCUT2D eigenvalue weighted by Gasteiger charge is 2.24. The van der Waals surface area contributed by atoms with Crippen LogP contribution in [0.1, 0.15) is 163 Å². The average Bonchev–Trinajstić information content (AvgIpc) is 3.09. The zero-order valence-corrected chi connectivity index (χ0v) is 27.4. The Hall–Kier alpha value is -2.12. The first-order valence-corrected chi connectivity index (χ1v) is 18.3. The molecule has 2 saturated carbocycles. The number of rotatable bonds is 10. The Labute approximate surface area is 263 Å². The van der Waals surface area contributed by atoms with E-state index in [0.29, 0.717) is 11.8 Å². The summed E-state index contributed by atoms with van der Waals surface area (Å²) in [7, 11) is 0. The highest BCUT2D eigenvalue weighted by molar-refractivity contribution is 5.31. The zero-order chi connectivity index (χ0) is 29.4. The molecule has 2 aromatic rings. The molecule has 1 heteroatoms. The normalized spacial score (nSPS) is 30.0. The van der Waals surface area contributed by atoms with Gasteiger partial charge in [0.15, 0.2) is 0 Å². The minimum atomic E-state index is 0.678. The van der Waals surface area contributed by atoms with Crippen molar-refractivity contribution >= 4 is 0 Å². The molecule has 6 rings (SSSR count). The first-order chi connectivity index (χ1) is 21.2. The number of ether oxygens (including phenoxy) is 1. The van der Waals surface area contributed by atoms with Gasteiger partial charge in [-0.3, -0.25) is 0 Å². The van der Waals surface area contributed by atoms with Crippen molar-refractivity contribution in [2.45, 2.75) is 140 Å². The molecule has 0 N–H and O–H groups in total. The van der Waals surface area contributed by atoms with Gasteiger partial charge in [0.1, 0.15) is 0 Å². The molecule has 0 aromatic heterocycles. The first kappa shape index (κ1) is 30.9. The molecular weight excluding hydrogens is 520 g/mol. The lowest BCUT2D eigenvalue weighted by Crippen LogP contribution is -2.13. The van der Waals surface area contributed by atoms with E-state index in [0.717, 1.165) is 36.9 Å². The van der Waals surface area contributed by atoms with Crippen molar-refractivity contribution in [3.8, 4) is 0 Å². The second-order valence-electron chi connectivity index (χ2n) is 14.7. The van der Waals surface area contributed by atoms with E-state index in [1.165, 1.54) is 125 Å². The Balaban J connectivity index is 0.904. The van der Waals surface area contributed by atoms with E-state index in [1.54, 1.807) is 11.1 Å². The number of benzene rings is 2. The van der Waals surface area contributed by atoms with Crippen molar-refractivity contribution in [2.75, 3.05) is 13.2 Å². The van der Waals surface area contributed by atoms with Crippen LogP contribution in [-0.4, -0.2) is 13.2 Å². The smallest absolute Gasteiger partial charge is 0.0681 e. The van der Waals surface area contributed by atoms with Gasteiger partial charge in [-0.15, -0.1) is 0 Å². The van der Waals surface area contributed by atoms with Crippen LogP contribution in [0.25, 0.3) is 0 Å². The lowest BCUT2D eigenvalue weighted by Gasteiger charge is -2.29. The van der Waals surface area contributed by atoms with Crippen LogP contribution in [0.2, 0.25) is 0 Å². The van der Waals surface area contributed by atoms with Crippen molar-refractivity contribution in [2.24, 2.45) is 11.8 Å². The number of allylic oxidation sites excluding steroid dienone is 2. The molecular formula is C42H58O. The summed E-state index contributed by atoms with van der Waals surface area (Å²) in [5.74, 6) is 4.89. The predicted octanol–water partition coefficient (Wildman–Crippen LogP) is 12.2. The van der Waals surface area contributed by atoms with Gasteiger partial charge in [0, 0.05) is 0 Å². The van der Waals surface area contributed by atoms with Crippen LogP contribution in [0.3, 0.4) is 0 Å². The van der Waals surface area contributed by atoms with Crippen molar-refractivity contribution in [1.29, 1.82) is 0 Å². The summed E-state index contributed by atoms with van der Waals surface area (Å²) >= 11 is 0. The molecule has 1 nitrogen and oxygen atoms in total. The monoisotopic (exact) mass is 578 g/mol. The van der Waals surface area contributed by atoms with E-state index in [-0.39, 0.29) is 0 Å². The highest BCUT2D eigenvalue weighted by atomic mass is 16.5. The average molecular weight is 579 g/mol. The first-order valence-electron chi connectivity index (χ1n) is 18.3. The molecule has 0 amide bonds. The van der Waals surface area contributed by atoms with Crippen LogP contribution >= 0.6 is 0 Å². The summed E-state index contributed by atoms with van der Waals surface area (Å²) in [6.07, 6.45) is 26.2. The van der Waals surface area contributed by atoms with E-state index >= 15 is 0 Å². The van der Waals surface area contributed by atoms with Gasteiger partial charge in [0.2, 0.25) is 0 Å². The Bertz CT molecular complexity index is 1090.